The first kappa shape index (κ1) is 18.1. The maximum absolute atomic E-state index is 12.5. The van der Waals surface area contributed by atoms with Gasteiger partial charge in [-0.2, -0.15) is 5.10 Å². The van der Waals surface area contributed by atoms with Crippen molar-refractivity contribution in [1.29, 1.82) is 0 Å². The minimum atomic E-state index is -0.489. The normalized spacial score (nSPS) is 10.9. The van der Waals surface area contributed by atoms with Gasteiger partial charge in [-0.3, -0.25) is 14.9 Å². The Morgan fingerprint density at radius 1 is 1.11 bits per heavy atom. The van der Waals surface area contributed by atoms with Crippen molar-refractivity contribution in [3.05, 3.63) is 93.3 Å². The van der Waals surface area contributed by atoms with Crippen LogP contribution in [0.15, 0.2) is 65.8 Å². The van der Waals surface area contributed by atoms with Crippen LogP contribution in [0, 0.1) is 24.0 Å². The van der Waals surface area contributed by atoms with Crippen molar-refractivity contribution in [2.24, 2.45) is 5.10 Å². The third-order valence-corrected chi connectivity index (χ3v) is 4.19. The van der Waals surface area contributed by atoms with Crippen LogP contribution in [0.2, 0.25) is 0 Å². The predicted molar refractivity (Wildman–Crippen MR) is 103 cm³/mol. The molecule has 1 N–H and O–H groups in total. The third-order valence-electron chi connectivity index (χ3n) is 4.19. The number of aromatic nitrogens is 1. The molecule has 1 heterocycles. The largest absolute Gasteiger partial charge is 0.318 e. The number of hydrogen-bond donors (Lipinski definition) is 1. The molecule has 0 spiro atoms. The van der Waals surface area contributed by atoms with E-state index in [4.69, 9.17) is 0 Å². The Hall–Kier alpha value is -3.74. The van der Waals surface area contributed by atoms with Crippen molar-refractivity contribution in [2.45, 2.75) is 13.8 Å². The Kier molecular flexibility index (Phi) is 5.12. The standard InChI is InChI=1S/C20H18N4O3/c1-14-12-18(15(2)23(14)17-9-4-3-5-10-17)20(25)22-21-13-16-8-6-7-11-19(16)24(26)27/h3-13H,1-2H3,(H,22,25)/b21-13-. The Bertz CT molecular complexity index is 1020. The summed E-state index contributed by atoms with van der Waals surface area (Å²) in [5.41, 5.74) is 5.86. The average molecular weight is 362 g/mol. The number of para-hydroxylation sites is 2. The summed E-state index contributed by atoms with van der Waals surface area (Å²) in [6.07, 6.45) is 1.27. The molecule has 2 aromatic carbocycles. The minimum Gasteiger partial charge on any atom is -0.318 e. The molecule has 136 valence electrons. The van der Waals surface area contributed by atoms with Gasteiger partial charge >= 0.3 is 0 Å². The van der Waals surface area contributed by atoms with E-state index in [0.717, 1.165) is 17.1 Å². The van der Waals surface area contributed by atoms with Crippen molar-refractivity contribution in [3.63, 3.8) is 0 Å². The number of rotatable bonds is 5. The molecule has 0 aliphatic carbocycles. The van der Waals surface area contributed by atoms with Gasteiger partial charge in [0.05, 0.1) is 22.3 Å². The van der Waals surface area contributed by atoms with Crippen LogP contribution < -0.4 is 5.43 Å². The van der Waals surface area contributed by atoms with E-state index in [2.05, 4.69) is 10.5 Å². The molecule has 27 heavy (non-hydrogen) atoms. The van der Waals surface area contributed by atoms with Crippen molar-refractivity contribution in [1.82, 2.24) is 9.99 Å². The number of nitro groups is 1. The molecule has 3 rings (SSSR count). The van der Waals surface area contributed by atoms with Gasteiger partial charge in [0.1, 0.15) is 0 Å². The summed E-state index contributed by atoms with van der Waals surface area (Å²) >= 11 is 0. The summed E-state index contributed by atoms with van der Waals surface area (Å²) in [5, 5.41) is 14.9. The Labute approximate surface area is 156 Å². The quantitative estimate of drug-likeness (QED) is 0.426. The van der Waals surface area contributed by atoms with Gasteiger partial charge in [-0.15, -0.1) is 0 Å². The van der Waals surface area contributed by atoms with E-state index in [-0.39, 0.29) is 11.6 Å². The summed E-state index contributed by atoms with van der Waals surface area (Å²) in [6.45, 7) is 3.79. The van der Waals surface area contributed by atoms with E-state index in [1.165, 1.54) is 12.3 Å². The van der Waals surface area contributed by atoms with E-state index in [9.17, 15) is 14.9 Å². The van der Waals surface area contributed by atoms with Crippen LogP contribution in [-0.2, 0) is 0 Å². The SMILES string of the molecule is Cc1cc(C(=O)N/N=C\c2ccccc2[N+](=O)[O-])c(C)n1-c1ccccc1. The number of hydrazone groups is 1. The average Bonchev–Trinajstić information content (AvgIpc) is 2.97. The second kappa shape index (κ2) is 7.65. The first-order valence-electron chi connectivity index (χ1n) is 8.30. The van der Waals surface area contributed by atoms with Crippen LogP contribution in [-0.4, -0.2) is 21.6 Å². The highest BCUT2D eigenvalue weighted by molar-refractivity contribution is 5.96. The van der Waals surface area contributed by atoms with Gasteiger partial charge in [-0.25, -0.2) is 5.43 Å². The van der Waals surface area contributed by atoms with E-state index in [0.29, 0.717) is 11.1 Å². The van der Waals surface area contributed by atoms with E-state index in [1.54, 1.807) is 24.3 Å². The second-order valence-electron chi connectivity index (χ2n) is 5.97. The molecule has 0 bridgehead atoms. The van der Waals surface area contributed by atoms with Crippen molar-refractivity contribution in [2.75, 3.05) is 0 Å². The number of nitrogens with one attached hydrogen (secondary N) is 1. The predicted octanol–water partition coefficient (Wildman–Crippen LogP) is 3.77. The van der Waals surface area contributed by atoms with E-state index in [1.807, 2.05) is 48.7 Å². The molecule has 0 radical (unpaired) electrons. The van der Waals surface area contributed by atoms with Crippen molar-refractivity contribution >= 4 is 17.8 Å². The van der Waals surface area contributed by atoms with Crippen LogP contribution in [0.1, 0.15) is 27.3 Å². The molecule has 1 amide bonds. The lowest BCUT2D eigenvalue weighted by Crippen LogP contribution is -2.18. The fourth-order valence-corrected chi connectivity index (χ4v) is 2.95. The first-order chi connectivity index (χ1) is 13.0. The molecular weight excluding hydrogens is 344 g/mol. The number of carbonyl (C=O) groups is 1. The fraction of sp³-hybridized carbons (Fsp3) is 0.100. The molecule has 0 aliphatic heterocycles. The van der Waals surface area contributed by atoms with Gasteiger partial charge in [-0.1, -0.05) is 30.3 Å². The van der Waals surface area contributed by atoms with E-state index >= 15 is 0 Å². The van der Waals surface area contributed by atoms with Gasteiger partial charge in [0.25, 0.3) is 11.6 Å². The smallest absolute Gasteiger partial charge is 0.278 e. The van der Waals surface area contributed by atoms with Gasteiger partial charge < -0.3 is 4.57 Å². The lowest BCUT2D eigenvalue weighted by Gasteiger charge is -2.09. The van der Waals surface area contributed by atoms with Crippen LogP contribution in [0.25, 0.3) is 5.69 Å². The van der Waals surface area contributed by atoms with Gasteiger partial charge in [0.2, 0.25) is 0 Å². The molecule has 0 saturated heterocycles. The zero-order valence-corrected chi connectivity index (χ0v) is 14.9. The third kappa shape index (κ3) is 3.77. The maximum Gasteiger partial charge on any atom is 0.278 e. The topological polar surface area (TPSA) is 89.5 Å². The minimum absolute atomic E-state index is 0.0715. The lowest BCUT2D eigenvalue weighted by atomic mass is 10.2. The summed E-state index contributed by atoms with van der Waals surface area (Å²) in [7, 11) is 0. The number of nitro benzene ring substituents is 1. The number of carbonyl (C=O) groups excluding carboxylic acids is 1. The highest BCUT2D eigenvalue weighted by atomic mass is 16.6. The Morgan fingerprint density at radius 2 is 1.78 bits per heavy atom. The summed E-state index contributed by atoms with van der Waals surface area (Å²) in [4.78, 5) is 23.0. The molecule has 3 aromatic rings. The first-order valence-corrected chi connectivity index (χ1v) is 8.30. The van der Waals surface area contributed by atoms with Gasteiger partial charge in [0, 0.05) is 23.1 Å². The monoisotopic (exact) mass is 362 g/mol. The molecule has 0 unspecified atom stereocenters. The fourth-order valence-electron chi connectivity index (χ4n) is 2.95. The molecular formula is C20H18N4O3. The van der Waals surface area contributed by atoms with Crippen LogP contribution in [0.5, 0.6) is 0 Å². The second-order valence-corrected chi connectivity index (χ2v) is 5.97. The van der Waals surface area contributed by atoms with Gasteiger partial charge in [-0.05, 0) is 38.1 Å². The Balaban J connectivity index is 1.81. The number of aryl methyl sites for hydroxylation is 1. The summed E-state index contributed by atoms with van der Waals surface area (Å²) < 4.78 is 1.99. The number of nitrogens with zero attached hydrogens (tertiary/aromatic N) is 3. The zero-order valence-electron chi connectivity index (χ0n) is 14.9. The summed E-state index contributed by atoms with van der Waals surface area (Å²) in [6, 6.07) is 17.7. The maximum atomic E-state index is 12.5. The zero-order chi connectivity index (χ0) is 19.4. The number of benzene rings is 2. The molecule has 0 aliphatic rings. The molecule has 0 atom stereocenters. The highest BCUT2D eigenvalue weighted by Crippen LogP contribution is 2.20. The number of hydrogen-bond acceptors (Lipinski definition) is 4. The molecule has 0 fully saturated rings. The van der Waals surface area contributed by atoms with Crippen molar-refractivity contribution < 1.29 is 9.72 Å². The molecule has 7 nitrogen and oxygen atoms in total. The number of amides is 1. The highest BCUT2D eigenvalue weighted by Gasteiger charge is 2.16. The van der Waals surface area contributed by atoms with Gasteiger partial charge in [0.15, 0.2) is 0 Å². The summed E-state index contributed by atoms with van der Waals surface area (Å²) in [5.74, 6) is -0.375. The van der Waals surface area contributed by atoms with Crippen LogP contribution in [0.3, 0.4) is 0 Å². The molecule has 0 saturated carbocycles. The Morgan fingerprint density at radius 3 is 2.48 bits per heavy atom. The lowest BCUT2D eigenvalue weighted by molar-refractivity contribution is -0.385. The van der Waals surface area contributed by atoms with Crippen molar-refractivity contribution in [3.8, 4) is 5.69 Å². The van der Waals surface area contributed by atoms with Crippen LogP contribution >= 0.6 is 0 Å². The molecule has 1 aromatic heterocycles. The van der Waals surface area contributed by atoms with Crippen LogP contribution in [0.4, 0.5) is 5.69 Å². The molecule has 7 heteroatoms. The van der Waals surface area contributed by atoms with E-state index < -0.39 is 4.92 Å².